The van der Waals surface area contributed by atoms with E-state index in [-0.39, 0.29) is 37.5 Å². The molecule has 0 saturated carbocycles. The smallest absolute Gasteiger partial charge is 0.312 e. The lowest BCUT2D eigenvalue weighted by atomic mass is 9.79. The molecule has 1 heterocycles. The first kappa shape index (κ1) is 25.6. The molecule has 0 aliphatic carbocycles. The van der Waals surface area contributed by atoms with Gasteiger partial charge in [0.25, 0.3) is 0 Å². The van der Waals surface area contributed by atoms with Gasteiger partial charge in [0.15, 0.2) is 0 Å². The Balaban J connectivity index is 1.81. The summed E-state index contributed by atoms with van der Waals surface area (Å²) in [5.41, 5.74) is 4.12. The number of piperazine rings is 1. The van der Waals surface area contributed by atoms with Crippen LogP contribution in [0.25, 0.3) is 0 Å². The maximum Gasteiger partial charge on any atom is 0.312 e. The van der Waals surface area contributed by atoms with Crippen molar-refractivity contribution in [1.29, 1.82) is 5.41 Å². The number of hydrogen-bond acceptors (Lipinski definition) is 5. The number of unbranched alkanes of at least 4 members (excludes halogenated alkanes) is 1. The number of ether oxygens (including phenoxy) is 1. The highest BCUT2D eigenvalue weighted by atomic mass is 19.1. The standard InChI is InChI=1S/C24H26F2N4O5/c25-16-5-8-18(19(26)13-16)24(14-20(31)32,30-11-10-29-22(33)23(30)34)9-1-2-12-35-17-6-3-15(4-7-17)21(27)28/h3-8,13H,1-2,9-12,14H2,(H3,27,28)(H,29,33)(H,31,32). The third kappa shape index (κ3) is 5.92. The molecule has 9 nitrogen and oxygen atoms in total. The van der Waals surface area contributed by atoms with E-state index in [1.54, 1.807) is 24.3 Å². The number of amides is 2. The molecule has 0 aromatic heterocycles. The van der Waals surface area contributed by atoms with Gasteiger partial charge in [-0.05, 0) is 49.6 Å². The van der Waals surface area contributed by atoms with E-state index >= 15 is 0 Å². The van der Waals surface area contributed by atoms with Crippen molar-refractivity contribution in [1.82, 2.24) is 10.2 Å². The summed E-state index contributed by atoms with van der Waals surface area (Å²) in [5, 5.41) is 19.5. The molecule has 1 aliphatic heterocycles. The second-order valence-corrected chi connectivity index (χ2v) is 8.18. The Bertz CT molecular complexity index is 1130. The van der Waals surface area contributed by atoms with E-state index in [2.05, 4.69) is 5.32 Å². The van der Waals surface area contributed by atoms with Crippen molar-refractivity contribution in [3.05, 3.63) is 65.2 Å². The summed E-state index contributed by atoms with van der Waals surface area (Å²) in [6.45, 7) is 0.296. The zero-order chi connectivity index (χ0) is 25.6. The van der Waals surface area contributed by atoms with E-state index in [1.165, 1.54) is 0 Å². The first-order chi connectivity index (χ1) is 16.6. The summed E-state index contributed by atoms with van der Waals surface area (Å²) in [6.07, 6.45) is 0.0866. The lowest BCUT2D eigenvalue weighted by molar-refractivity contribution is -0.157. The Hall–Kier alpha value is -4.02. The highest BCUT2D eigenvalue weighted by molar-refractivity contribution is 6.35. The van der Waals surface area contributed by atoms with E-state index in [9.17, 15) is 28.3 Å². The fraction of sp³-hybridized carbons (Fsp3) is 0.333. The minimum absolute atomic E-state index is 0.00745. The Labute approximate surface area is 200 Å². The third-order valence-corrected chi connectivity index (χ3v) is 5.87. The number of benzene rings is 2. The van der Waals surface area contributed by atoms with Gasteiger partial charge in [0, 0.05) is 30.3 Å². The Morgan fingerprint density at radius 3 is 2.51 bits per heavy atom. The van der Waals surface area contributed by atoms with E-state index in [0.717, 1.165) is 17.0 Å². The number of carboxylic acid groups (broad SMARTS) is 1. The molecule has 2 amide bonds. The van der Waals surface area contributed by atoms with Gasteiger partial charge >= 0.3 is 17.8 Å². The van der Waals surface area contributed by atoms with Crippen molar-refractivity contribution in [3.8, 4) is 5.75 Å². The van der Waals surface area contributed by atoms with Crippen LogP contribution in [0, 0.1) is 17.0 Å². The number of carbonyl (C=O) groups is 3. The summed E-state index contributed by atoms with van der Waals surface area (Å²) in [7, 11) is 0. The normalized spacial score (nSPS) is 15.3. The summed E-state index contributed by atoms with van der Waals surface area (Å²) in [6, 6.07) is 9.35. The molecule has 5 N–H and O–H groups in total. The zero-order valence-corrected chi connectivity index (χ0v) is 18.9. The molecular weight excluding hydrogens is 462 g/mol. The number of nitrogens with two attached hydrogens (primary N) is 1. The van der Waals surface area contributed by atoms with E-state index < -0.39 is 41.4 Å². The van der Waals surface area contributed by atoms with Crippen molar-refractivity contribution < 1.29 is 33.0 Å². The number of nitrogens with one attached hydrogen (secondary N) is 2. The lowest BCUT2D eigenvalue weighted by Crippen LogP contribution is -2.61. The number of carboxylic acids is 1. The number of amidine groups is 1. The summed E-state index contributed by atoms with van der Waals surface area (Å²) in [4.78, 5) is 37.7. The summed E-state index contributed by atoms with van der Waals surface area (Å²) >= 11 is 0. The molecule has 35 heavy (non-hydrogen) atoms. The largest absolute Gasteiger partial charge is 0.494 e. The average molecular weight is 488 g/mol. The number of aliphatic carboxylic acids is 1. The fourth-order valence-electron chi connectivity index (χ4n) is 4.24. The molecule has 11 heteroatoms. The molecule has 1 fully saturated rings. The molecule has 2 aromatic carbocycles. The van der Waals surface area contributed by atoms with Gasteiger partial charge in [-0.3, -0.25) is 19.8 Å². The number of hydrogen-bond donors (Lipinski definition) is 4. The molecule has 1 saturated heterocycles. The molecule has 0 radical (unpaired) electrons. The van der Waals surface area contributed by atoms with Crippen LogP contribution in [0.3, 0.4) is 0 Å². The van der Waals surface area contributed by atoms with Crippen LogP contribution in [-0.4, -0.2) is 53.3 Å². The molecule has 0 spiro atoms. The van der Waals surface area contributed by atoms with Gasteiger partial charge in [0.1, 0.15) is 23.2 Å². The topological polar surface area (TPSA) is 146 Å². The lowest BCUT2D eigenvalue weighted by Gasteiger charge is -2.45. The van der Waals surface area contributed by atoms with Crippen LogP contribution < -0.4 is 15.8 Å². The van der Waals surface area contributed by atoms with Crippen LogP contribution in [0.1, 0.15) is 36.8 Å². The average Bonchev–Trinajstić information content (AvgIpc) is 2.80. The zero-order valence-electron chi connectivity index (χ0n) is 18.9. The van der Waals surface area contributed by atoms with E-state index in [4.69, 9.17) is 15.9 Å². The monoisotopic (exact) mass is 488 g/mol. The van der Waals surface area contributed by atoms with Crippen molar-refractivity contribution in [2.45, 2.75) is 31.2 Å². The van der Waals surface area contributed by atoms with Gasteiger partial charge < -0.3 is 25.8 Å². The summed E-state index contributed by atoms with van der Waals surface area (Å²) in [5.74, 6) is -4.54. The second kappa shape index (κ2) is 10.9. The molecule has 186 valence electrons. The van der Waals surface area contributed by atoms with Crippen molar-refractivity contribution in [3.63, 3.8) is 0 Å². The van der Waals surface area contributed by atoms with Crippen molar-refractivity contribution in [2.75, 3.05) is 19.7 Å². The van der Waals surface area contributed by atoms with Gasteiger partial charge in [-0.15, -0.1) is 0 Å². The predicted molar refractivity (Wildman–Crippen MR) is 122 cm³/mol. The van der Waals surface area contributed by atoms with Crippen LogP contribution in [0.4, 0.5) is 8.78 Å². The van der Waals surface area contributed by atoms with Crippen LogP contribution in [-0.2, 0) is 19.9 Å². The van der Waals surface area contributed by atoms with Gasteiger partial charge in [-0.2, -0.15) is 0 Å². The maximum absolute atomic E-state index is 14.9. The van der Waals surface area contributed by atoms with Gasteiger partial charge in [-0.25, -0.2) is 8.78 Å². The molecule has 0 bridgehead atoms. The minimum Gasteiger partial charge on any atom is -0.494 e. The molecule has 3 rings (SSSR count). The quantitative estimate of drug-likeness (QED) is 0.165. The second-order valence-electron chi connectivity index (χ2n) is 8.18. The first-order valence-electron chi connectivity index (χ1n) is 11.0. The highest BCUT2D eigenvalue weighted by Gasteiger charge is 2.47. The molecule has 1 aliphatic rings. The molecule has 1 unspecified atom stereocenters. The number of nitrogen functional groups attached to an aromatic ring is 1. The number of rotatable bonds is 11. The predicted octanol–water partition coefficient (Wildman–Crippen LogP) is 2.13. The van der Waals surface area contributed by atoms with Crippen molar-refractivity contribution in [2.24, 2.45) is 5.73 Å². The Morgan fingerprint density at radius 2 is 1.89 bits per heavy atom. The van der Waals surface area contributed by atoms with Crippen molar-refractivity contribution >= 4 is 23.6 Å². The Morgan fingerprint density at radius 1 is 1.17 bits per heavy atom. The number of nitrogens with zero attached hydrogens (tertiary/aromatic N) is 1. The minimum atomic E-state index is -1.69. The van der Waals surface area contributed by atoms with Gasteiger partial charge in [0.05, 0.1) is 18.6 Å². The highest BCUT2D eigenvalue weighted by Crippen LogP contribution is 2.40. The number of halogens is 2. The van der Waals surface area contributed by atoms with Crippen LogP contribution in [0.2, 0.25) is 0 Å². The SMILES string of the molecule is N=C(N)c1ccc(OCCCCC(CC(=O)O)(c2ccc(F)cc2F)N2CCNC(=O)C2=O)cc1. The summed E-state index contributed by atoms with van der Waals surface area (Å²) < 4.78 is 34.2. The van der Waals surface area contributed by atoms with E-state index in [0.29, 0.717) is 30.2 Å². The van der Waals surface area contributed by atoms with Crippen LogP contribution in [0.5, 0.6) is 5.75 Å². The molecule has 2 aromatic rings. The molecular formula is C24H26F2N4O5. The van der Waals surface area contributed by atoms with Gasteiger partial charge in [0.2, 0.25) is 0 Å². The van der Waals surface area contributed by atoms with Crippen LogP contribution in [0.15, 0.2) is 42.5 Å². The Kier molecular flexibility index (Phi) is 8.00. The first-order valence-corrected chi connectivity index (χ1v) is 11.0. The fourth-order valence-corrected chi connectivity index (χ4v) is 4.24. The third-order valence-electron chi connectivity index (χ3n) is 5.87. The van der Waals surface area contributed by atoms with Gasteiger partial charge in [-0.1, -0.05) is 6.07 Å². The van der Waals surface area contributed by atoms with Crippen LogP contribution >= 0.6 is 0 Å². The molecule has 1 atom stereocenters. The number of carbonyl (C=O) groups excluding carboxylic acids is 2. The van der Waals surface area contributed by atoms with E-state index in [1.807, 2.05) is 0 Å². The maximum atomic E-state index is 14.9.